The van der Waals surface area contributed by atoms with Crippen molar-refractivity contribution in [3.63, 3.8) is 0 Å². The molecule has 4 nitrogen and oxygen atoms in total. The van der Waals surface area contributed by atoms with Gasteiger partial charge in [0.05, 0.1) is 5.56 Å². The van der Waals surface area contributed by atoms with Crippen LogP contribution in [0.5, 0.6) is 0 Å². The minimum Gasteiger partial charge on any atom is -0.368 e. The van der Waals surface area contributed by atoms with Crippen molar-refractivity contribution in [1.29, 1.82) is 0 Å². The highest BCUT2D eigenvalue weighted by molar-refractivity contribution is 9.10. The quantitative estimate of drug-likeness (QED) is 0.880. The molecule has 0 aromatic heterocycles. The van der Waals surface area contributed by atoms with Gasteiger partial charge in [-0.25, -0.2) is 0 Å². The van der Waals surface area contributed by atoms with Gasteiger partial charge in [0.2, 0.25) is 5.91 Å². The average molecular weight is 285 g/mol. The van der Waals surface area contributed by atoms with Crippen LogP contribution < -0.4 is 11.1 Å². The van der Waals surface area contributed by atoms with E-state index in [4.69, 9.17) is 5.73 Å². The van der Waals surface area contributed by atoms with E-state index in [2.05, 4.69) is 21.2 Å². The molecule has 86 valence electrons. The summed E-state index contributed by atoms with van der Waals surface area (Å²) < 4.78 is 0.696. The number of aryl methyl sites for hydroxylation is 1. The zero-order chi connectivity index (χ0) is 12.3. The van der Waals surface area contributed by atoms with Crippen molar-refractivity contribution in [2.45, 2.75) is 19.9 Å². The summed E-state index contributed by atoms with van der Waals surface area (Å²) in [4.78, 5) is 22.7. The van der Waals surface area contributed by atoms with Gasteiger partial charge in [0.1, 0.15) is 6.04 Å². The van der Waals surface area contributed by atoms with E-state index in [1.807, 2.05) is 19.1 Å². The van der Waals surface area contributed by atoms with Gasteiger partial charge in [-0.2, -0.15) is 0 Å². The molecule has 3 N–H and O–H groups in total. The lowest BCUT2D eigenvalue weighted by Crippen LogP contribution is -2.42. The van der Waals surface area contributed by atoms with Crippen LogP contribution in [0.3, 0.4) is 0 Å². The molecule has 0 unspecified atom stereocenters. The van der Waals surface area contributed by atoms with Gasteiger partial charge >= 0.3 is 0 Å². The molecule has 5 heteroatoms. The zero-order valence-corrected chi connectivity index (χ0v) is 10.7. The Morgan fingerprint density at radius 1 is 1.44 bits per heavy atom. The number of amides is 2. The third kappa shape index (κ3) is 2.82. The average Bonchev–Trinajstić information content (AvgIpc) is 2.16. The molecule has 0 aliphatic heterocycles. The molecule has 0 radical (unpaired) electrons. The van der Waals surface area contributed by atoms with Crippen molar-refractivity contribution in [3.8, 4) is 0 Å². The maximum absolute atomic E-state index is 11.9. The maximum Gasteiger partial charge on any atom is 0.253 e. The van der Waals surface area contributed by atoms with Crippen molar-refractivity contribution in [3.05, 3.63) is 33.8 Å². The second kappa shape index (κ2) is 5.12. The van der Waals surface area contributed by atoms with Gasteiger partial charge in [0.25, 0.3) is 5.91 Å². The Balaban J connectivity index is 2.93. The summed E-state index contributed by atoms with van der Waals surface area (Å²) in [5, 5.41) is 2.53. The molecule has 0 aliphatic rings. The Morgan fingerprint density at radius 2 is 2.06 bits per heavy atom. The van der Waals surface area contributed by atoms with Gasteiger partial charge in [0.15, 0.2) is 0 Å². The van der Waals surface area contributed by atoms with Crippen LogP contribution >= 0.6 is 15.9 Å². The summed E-state index contributed by atoms with van der Waals surface area (Å²) in [6, 6.07) is 4.76. The predicted molar refractivity (Wildman–Crippen MR) is 65.0 cm³/mol. The van der Waals surface area contributed by atoms with E-state index in [-0.39, 0.29) is 5.91 Å². The van der Waals surface area contributed by atoms with E-state index in [9.17, 15) is 9.59 Å². The lowest BCUT2D eigenvalue weighted by atomic mass is 10.1. The molecule has 0 spiro atoms. The number of rotatable bonds is 3. The number of nitrogens with one attached hydrogen (secondary N) is 1. The Labute approximate surface area is 102 Å². The van der Waals surface area contributed by atoms with Crippen LogP contribution in [0.2, 0.25) is 0 Å². The van der Waals surface area contributed by atoms with Crippen molar-refractivity contribution in [1.82, 2.24) is 5.32 Å². The molecule has 1 atom stereocenters. The van der Waals surface area contributed by atoms with Crippen LogP contribution in [0.15, 0.2) is 22.7 Å². The topological polar surface area (TPSA) is 72.2 Å². The normalized spacial score (nSPS) is 11.9. The molecule has 1 rings (SSSR count). The van der Waals surface area contributed by atoms with Gasteiger partial charge in [-0.05, 0) is 41.4 Å². The molecule has 1 aromatic carbocycles. The molecular formula is C11H13BrN2O2. The Kier molecular flexibility index (Phi) is 4.06. The molecule has 0 aliphatic carbocycles. The number of primary amides is 1. The Hall–Kier alpha value is -1.36. The van der Waals surface area contributed by atoms with Crippen LogP contribution in [0.1, 0.15) is 22.8 Å². The van der Waals surface area contributed by atoms with Gasteiger partial charge in [-0.1, -0.05) is 12.1 Å². The van der Waals surface area contributed by atoms with Crippen molar-refractivity contribution in [2.24, 2.45) is 5.73 Å². The zero-order valence-electron chi connectivity index (χ0n) is 9.08. The second-order valence-electron chi connectivity index (χ2n) is 3.53. The van der Waals surface area contributed by atoms with Gasteiger partial charge in [-0.15, -0.1) is 0 Å². The van der Waals surface area contributed by atoms with E-state index in [1.165, 1.54) is 0 Å². The van der Waals surface area contributed by atoms with E-state index in [0.717, 1.165) is 5.56 Å². The predicted octanol–water partition coefficient (Wildman–Crippen LogP) is 1.36. The molecule has 0 saturated heterocycles. The molecule has 16 heavy (non-hydrogen) atoms. The summed E-state index contributed by atoms with van der Waals surface area (Å²) in [6.07, 6.45) is 0. The summed E-state index contributed by atoms with van der Waals surface area (Å²) in [5.41, 5.74) is 6.43. The molecule has 0 saturated carbocycles. The third-order valence-electron chi connectivity index (χ3n) is 2.22. The first-order chi connectivity index (χ1) is 7.43. The number of carbonyl (C=O) groups is 2. The Bertz CT molecular complexity index is 412. The molecule has 1 aromatic rings. The molecule has 2 amide bonds. The number of carbonyl (C=O) groups excluding carboxylic acids is 2. The molecule has 0 heterocycles. The monoisotopic (exact) mass is 284 g/mol. The minimum atomic E-state index is -0.681. The van der Waals surface area contributed by atoms with Gasteiger partial charge in [-0.3, -0.25) is 9.59 Å². The summed E-state index contributed by atoms with van der Waals surface area (Å²) in [7, 11) is 0. The standard InChI is InChI=1S/C11H13BrN2O2/c1-6-4-3-5-8(12)9(6)11(16)14-7(2)10(13)15/h3-5,7H,1-2H3,(H2,13,15)(H,14,16)/t7-/m0/s1. The van der Waals surface area contributed by atoms with Crippen LogP contribution in [0, 0.1) is 6.92 Å². The fourth-order valence-corrected chi connectivity index (χ4v) is 1.90. The highest BCUT2D eigenvalue weighted by Crippen LogP contribution is 2.19. The van der Waals surface area contributed by atoms with Crippen molar-refractivity contribution >= 4 is 27.7 Å². The Morgan fingerprint density at radius 3 is 2.56 bits per heavy atom. The third-order valence-corrected chi connectivity index (χ3v) is 2.88. The smallest absolute Gasteiger partial charge is 0.253 e. The van der Waals surface area contributed by atoms with Crippen LogP contribution in [0.4, 0.5) is 0 Å². The van der Waals surface area contributed by atoms with Crippen LogP contribution in [-0.4, -0.2) is 17.9 Å². The fourth-order valence-electron chi connectivity index (χ4n) is 1.26. The molecular weight excluding hydrogens is 272 g/mol. The number of halogens is 1. The van der Waals surface area contributed by atoms with Crippen molar-refractivity contribution < 1.29 is 9.59 Å². The lowest BCUT2D eigenvalue weighted by Gasteiger charge is -2.12. The number of hydrogen-bond donors (Lipinski definition) is 2. The first kappa shape index (κ1) is 12.7. The second-order valence-corrected chi connectivity index (χ2v) is 4.38. The molecule has 0 bridgehead atoms. The lowest BCUT2D eigenvalue weighted by molar-refractivity contribution is -0.119. The first-order valence-corrected chi connectivity index (χ1v) is 5.58. The SMILES string of the molecule is Cc1cccc(Br)c1C(=O)N[C@@H](C)C(N)=O. The molecule has 0 fully saturated rings. The summed E-state index contributed by atoms with van der Waals surface area (Å²) in [5.74, 6) is -0.866. The number of hydrogen-bond acceptors (Lipinski definition) is 2. The number of benzene rings is 1. The van der Waals surface area contributed by atoms with E-state index >= 15 is 0 Å². The summed E-state index contributed by atoms with van der Waals surface area (Å²) >= 11 is 3.30. The fraction of sp³-hybridized carbons (Fsp3) is 0.273. The minimum absolute atomic E-state index is 0.309. The van der Waals surface area contributed by atoms with Crippen LogP contribution in [-0.2, 0) is 4.79 Å². The highest BCUT2D eigenvalue weighted by Gasteiger charge is 2.17. The summed E-state index contributed by atoms with van der Waals surface area (Å²) in [6.45, 7) is 3.38. The number of nitrogens with two attached hydrogens (primary N) is 1. The highest BCUT2D eigenvalue weighted by atomic mass is 79.9. The maximum atomic E-state index is 11.9. The van der Waals surface area contributed by atoms with E-state index < -0.39 is 11.9 Å². The first-order valence-electron chi connectivity index (χ1n) is 4.78. The van der Waals surface area contributed by atoms with Crippen LogP contribution in [0.25, 0.3) is 0 Å². The van der Waals surface area contributed by atoms with E-state index in [0.29, 0.717) is 10.0 Å². The van der Waals surface area contributed by atoms with Gasteiger partial charge < -0.3 is 11.1 Å². The van der Waals surface area contributed by atoms with Gasteiger partial charge in [0, 0.05) is 4.47 Å². The van der Waals surface area contributed by atoms with Crippen molar-refractivity contribution in [2.75, 3.05) is 0 Å². The largest absolute Gasteiger partial charge is 0.368 e. The van der Waals surface area contributed by atoms with E-state index in [1.54, 1.807) is 13.0 Å².